The van der Waals surface area contributed by atoms with Gasteiger partial charge in [0.2, 0.25) is 11.8 Å². The summed E-state index contributed by atoms with van der Waals surface area (Å²) in [6, 6.07) is 11.8. The number of hydrogen-bond donors (Lipinski definition) is 4. The fourth-order valence-electron chi connectivity index (χ4n) is 4.01. The monoisotopic (exact) mass is 507 g/mol. The van der Waals surface area contributed by atoms with Crippen LogP contribution in [0.1, 0.15) is 30.4 Å². The summed E-state index contributed by atoms with van der Waals surface area (Å²) in [5.41, 5.74) is 7.74. The fraction of sp³-hybridized carbons (Fsp3) is 0.400. The summed E-state index contributed by atoms with van der Waals surface area (Å²) in [6.45, 7) is 1.12. The molecule has 36 heavy (non-hydrogen) atoms. The van der Waals surface area contributed by atoms with Gasteiger partial charge in [0.15, 0.2) is 6.04 Å². The number of anilines is 1. The lowest BCUT2D eigenvalue weighted by Gasteiger charge is -2.21. The Morgan fingerprint density at radius 2 is 1.78 bits per heavy atom. The molecule has 1 heterocycles. The van der Waals surface area contributed by atoms with E-state index in [2.05, 4.69) is 22.1 Å². The number of alkyl halides is 3. The molecule has 0 unspecified atom stereocenters. The molecule has 2 aromatic carbocycles. The average molecular weight is 508 g/mol. The van der Waals surface area contributed by atoms with Gasteiger partial charge in [0.05, 0.1) is 18.5 Å². The van der Waals surface area contributed by atoms with E-state index in [9.17, 15) is 27.6 Å². The van der Waals surface area contributed by atoms with Gasteiger partial charge in [-0.2, -0.15) is 13.2 Å². The van der Waals surface area contributed by atoms with Crippen molar-refractivity contribution >= 4 is 23.4 Å². The van der Waals surface area contributed by atoms with Crippen LogP contribution in [-0.2, 0) is 27.0 Å². The van der Waals surface area contributed by atoms with Gasteiger partial charge in [-0.05, 0) is 36.6 Å². The van der Waals surface area contributed by atoms with Gasteiger partial charge < -0.3 is 27.0 Å². The number of carbonyl (C=O) groups excluding carboxylic acids is 3. The van der Waals surface area contributed by atoms with Crippen LogP contribution in [0.3, 0.4) is 0 Å². The van der Waals surface area contributed by atoms with E-state index < -0.39 is 35.6 Å². The van der Waals surface area contributed by atoms with Gasteiger partial charge in [-0.3, -0.25) is 14.4 Å². The summed E-state index contributed by atoms with van der Waals surface area (Å²) in [4.78, 5) is 40.0. The molecule has 0 spiro atoms. The largest absolute Gasteiger partial charge is 0.416 e. The van der Waals surface area contributed by atoms with E-state index in [0.717, 1.165) is 24.1 Å². The zero-order valence-electron chi connectivity index (χ0n) is 19.9. The first-order valence-electron chi connectivity index (χ1n) is 11.8. The minimum Gasteiger partial charge on any atom is -0.354 e. The third kappa shape index (κ3) is 7.79. The average Bonchev–Trinajstić information content (AvgIpc) is 3.28. The number of nitrogens with zero attached hydrogens (tertiary/aromatic N) is 1. The number of halogens is 3. The highest BCUT2D eigenvalue weighted by atomic mass is 19.4. The van der Waals surface area contributed by atoms with Crippen molar-refractivity contribution in [2.24, 2.45) is 0 Å². The minimum absolute atomic E-state index is 0.0353. The van der Waals surface area contributed by atoms with Crippen molar-refractivity contribution in [3.8, 4) is 0 Å². The van der Waals surface area contributed by atoms with Crippen LogP contribution in [0.2, 0.25) is 0 Å². The van der Waals surface area contributed by atoms with E-state index in [4.69, 9.17) is 0 Å². The molecule has 1 aliphatic heterocycles. The summed E-state index contributed by atoms with van der Waals surface area (Å²) in [5.74, 6) is -1.44. The predicted octanol–water partition coefficient (Wildman–Crippen LogP) is 0.605. The van der Waals surface area contributed by atoms with Crippen molar-refractivity contribution in [1.82, 2.24) is 10.2 Å². The zero-order chi connectivity index (χ0) is 26.3. The second kappa shape index (κ2) is 12.0. The van der Waals surface area contributed by atoms with Gasteiger partial charge in [0.25, 0.3) is 5.91 Å². The molecule has 8 N–H and O–H groups in total. The number of carbonyl (C=O) groups is 3. The SMILES string of the molecule is [NH3+][C@@H]1CCN(C(=O)C[C@H]([NH3+])C(=O)N[C@@H](CCc2ccccc2)C(=O)Nc2cccc(C(F)(F)F)c2)C1. The highest BCUT2D eigenvalue weighted by molar-refractivity contribution is 5.98. The molecule has 1 saturated heterocycles. The molecule has 3 amide bonds. The van der Waals surface area contributed by atoms with Gasteiger partial charge in [-0.25, -0.2) is 0 Å². The molecule has 1 fully saturated rings. The number of likely N-dealkylation sites (tertiary alicyclic amines) is 1. The maximum Gasteiger partial charge on any atom is 0.416 e. The maximum atomic E-state index is 13.1. The molecule has 3 atom stereocenters. The molecule has 0 aliphatic carbocycles. The Kier molecular flexibility index (Phi) is 9.05. The Morgan fingerprint density at radius 1 is 1.06 bits per heavy atom. The lowest BCUT2D eigenvalue weighted by atomic mass is 10.0. The Morgan fingerprint density at radius 3 is 2.42 bits per heavy atom. The Balaban J connectivity index is 1.67. The topological polar surface area (TPSA) is 134 Å². The number of benzene rings is 2. The molecule has 0 radical (unpaired) electrons. The molecule has 194 valence electrons. The molecule has 0 saturated carbocycles. The maximum absolute atomic E-state index is 13.1. The fourth-order valence-corrected chi connectivity index (χ4v) is 4.01. The van der Waals surface area contributed by atoms with Crippen molar-refractivity contribution in [2.75, 3.05) is 18.4 Å². The van der Waals surface area contributed by atoms with E-state index in [-0.39, 0.29) is 30.5 Å². The second-order valence-electron chi connectivity index (χ2n) is 9.05. The highest BCUT2D eigenvalue weighted by Gasteiger charge is 2.33. The number of aryl methyl sites for hydroxylation is 1. The van der Waals surface area contributed by atoms with E-state index in [0.29, 0.717) is 19.5 Å². The number of hydrogen-bond acceptors (Lipinski definition) is 3. The normalized spacial score (nSPS) is 17.4. The van der Waals surface area contributed by atoms with Crippen molar-refractivity contribution in [3.63, 3.8) is 0 Å². The number of rotatable bonds is 9. The number of nitrogens with one attached hydrogen (secondary N) is 2. The summed E-state index contributed by atoms with van der Waals surface area (Å²) in [6.07, 6.45) is -3.22. The summed E-state index contributed by atoms with van der Waals surface area (Å²) >= 11 is 0. The van der Waals surface area contributed by atoms with Crippen LogP contribution in [0, 0.1) is 0 Å². The van der Waals surface area contributed by atoms with Crippen LogP contribution < -0.4 is 22.1 Å². The van der Waals surface area contributed by atoms with Crippen molar-refractivity contribution in [1.29, 1.82) is 0 Å². The molecule has 0 bridgehead atoms. The molecule has 2 aromatic rings. The molecular weight excluding hydrogens is 475 g/mol. The first-order valence-corrected chi connectivity index (χ1v) is 11.8. The molecule has 8 nitrogen and oxygen atoms in total. The Bertz CT molecular complexity index is 1060. The van der Waals surface area contributed by atoms with Crippen molar-refractivity contribution < 1.29 is 39.0 Å². The zero-order valence-corrected chi connectivity index (χ0v) is 19.9. The number of quaternary nitrogens is 2. The van der Waals surface area contributed by atoms with E-state index >= 15 is 0 Å². The third-order valence-corrected chi connectivity index (χ3v) is 6.09. The number of amides is 3. The molecule has 0 aromatic heterocycles. The van der Waals surface area contributed by atoms with Crippen LogP contribution in [0.25, 0.3) is 0 Å². The van der Waals surface area contributed by atoms with E-state index in [1.54, 1.807) is 4.90 Å². The lowest BCUT2D eigenvalue weighted by Crippen LogP contribution is -2.69. The van der Waals surface area contributed by atoms with Crippen molar-refractivity contribution in [2.45, 2.75) is 50.0 Å². The summed E-state index contributed by atoms with van der Waals surface area (Å²) in [5, 5.41) is 5.11. The highest BCUT2D eigenvalue weighted by Crippen LogP contribution is 2.30. The van der Waals surface area contributed by atoms with Crippen LogP contribution in [-0.4, -0.2) is 53.8 Å². The van der Waals surface area contributed by atoms with Crippen LogP contribution in [0.4, 0.5) is 18.9 Å². The summed E-state index contributed by atoms with van der Waals surface area (Å²) in [7, 11) is 0. The smallest absolute Gasteiger partial charge is 0.354 e. The minimum atomic E-state index is -4.56. The second-order valence-corrected chi connectivity index (χ2v) is 9.05. The Hall–Kier alpha value is -3.44. The first kappa shape index (κ1) is 27.2. The van der Waals surface area contributed by atoms with Gasteiger partial charge in [-0.1, -0.05) is 36.4 Å². The van der Waals surface area contributed by atoms with Gasteiger partial charge >= 0.3 is 6.18 Å². The quantitative estimate of drug-likeness (QED) is 0.396. The standard InChI is InChI=1S/C25H30F3N5O3/c26-25(27,28)17-7-4-8-19(13-17)31-24(36)21(10-9-16-5-2-1-3-6-16)32-23(35)20(30)14-22(34)33-12-11-18(29)15-33/h1-8,13,18,20-21H,9-12,14-15,29-30H2,(H,31,36)(H,32,35)/p+2/t18-,20+,21+/m1/s1. The predicted molar refractivity (Wildman–Crippen MR) is 126 cm³/mol. The molecule has 11 heteroatoms. The van der Waals surface area contributed by atoms with Gasteiger partial charge in [0, 0.05) is 18.7 Å². The van der Waals surface area contributed by atoms with E-state index in [1.807, 2.05) is 30.3 Å². The van der Waals surface area contributed by atoms with Gasteiger partial charge in [0.1, 0.15) is 12.1 Å². The first-order chi connectivity index (χ1) is 17.0. The Labute approximate surface area is 207 Å². The molecule has 3 rings (SSSR count). The van der Waals surface area contributed by atoms with Crippen LogP contribution in [0.15, 0.2) is 54.6 Å². The molecule has 1 aliphatic rings. The lowest BCUT2D eigenvalue weighted by molar-refractivity contribution is -0.414. The third-order valence-electron chi connectivity index (χ3n) is 6.09. The molecular formula is C25H32F3N5O3+2. The van der Waals surface area contributed by atoms with E-state index in [1.165, 1.54) is 12.1 Å². The van der Waals surface area contributed by atoms with Crippen LogP contribution in [0.5, 0.6) is 0 Å². The van der Waals surface area contributed by atoms with Gasteiger partial charge in [-0.15, -0.1) is 0 Å². The van der Waals surface area contributed by atoms with Crippen molar-refractivity contribution in [3.05, 3.63) is 65.7 Å². The summed E-state index contributed by atoms with van der Waals surface area (Å²) < 4.78 is 39.2. The van der Waals surface area contributed by atoms with Crippen LogP contribution >= 0.6 is 0 Å².